The molecule has 1 aromatic heterocycles. The number of hydrogen-bond acceptors (Lipinski definition) is 3. The molecule has 0 amide bonds. The minimum absolute atomic E-state index is 0.249. The fourth-order valence-corrected chi connectivity index (χ4v) is 1.76. The Morgan fingerprint density at radius 2 is 2.00 bits per heavy atom. The number of nitrogens with zero attached hydrogens (tertiary/aromatic N) is 3. The van der Waals surface area contributed by atoms with Crippen LogP contribution in [0.15, 0.2) is 30.5 Å². The van der Waals surface area contributed by atoms with Gasteiger partial charge >= 0.3 is 0 Å². The van der Waals surface area contributed by atoms with Gasteiger partial charge < -0.3 is 5.32 Å². The minimum atomic E-state index is 0.249. The summed E-state index contributed by atoms with van der Waals surface area (Å²) in [5.41, 5.74) is 2.54. The Balaban J connectivity index is 2.11. The molecule has 0 radical (unpaired) electrons. The standard InChI is InChI=1S/C13H18N4/c1-4-17-13(9-14-16-17)15-11(3)12-7-5-10(2)6-8-12/h5-9,11,15H,4H2,1-3H3. The third-order valence-electron chi connectivity index (χ3n) is 2.86. The van der Waals surface area contributed by atoms with Gasteiger partial charge in [-0.25, -0.2) is 4.68 Å². The van der Waals surface area contributed by atoms with Gasteiger partial charge in [0.05, 0.1) is 6.20 Å². The van der Waals surface area contributed by atoms with Crippen LogP contribution < -0.4 is 5.32 Å². The summed E-state index contributed by atoms with van der Waals surface area (Å²) in [7, 11) is 0. The summed E-state index contributed by atoms with van der Waals surface area (Å²) in [6.45, 7) is 7.11. The van der Waals surface area contributed by atoms with E-state index in [2.05, 4.69) is 60.7 Å². The van der Waals surface area contributed by atoms with Crippen molar-refractivity contribution in [2.24, 2.45) is 0 Å². The zero-order valence-corrected chi connectivity index (χ0v) is 10.5. The van der Waals surface area contributed by atoms with Crippen molar-refractivity contribution in [1.82, 2.24) is 15.0 Å². The molecule has 1 unspecified atom stereocenters. The van der Waals surface area contributed by atoms with Gasteiger partial charge in [-0.3, -0.25) is 0 Å². The molecule has 1 atom stereocenters. The number of rotatable bonds is 4. The van der Waals surface area contributed by atoms with Crippen molar-refractivity contribution in [3.05, 3.63) is 41.6 Å². The molecule has 90 valence electrons. The number of aromatic nitrogens is 3. The number of anilines is 1. The van der Waals surface area contributed by atoms with Gasteiger partial charge in [0.15, 0.2) is 0 Å². The van der Waals surface area contributed by atoms with E-state index < -0.39 is 0 Å². The monoisotopic (exact) mass is 230 g/mol. The summed E-state index contributed by atoms with van der Waals surface area (Å²) in [5.74, 6) is 0.959. The van der Waals surface area contributed by atoms with E-state index in [1.807, 2.05) is 4.68 Å². The highest BCUT2D eigenvalue weighted by Crippen LogP contribution is 2.18. The molecular weight excluding hydrogens is 212 g/mol. The molecule has 1 aromatic carbocycles. The van der Waals surface area contributed by atoms with Crippen molar-refractivity contribution in [3.8, 4) is 0 Å². The second-order valence-corrected chi connectivity index (χ2v) is 4.21. The molecule has 2 rings (SSSR count). The van der Waals surface area contributed by atoms with Crippen LogP contribution in [0.2, 0.25) is 0 Å². The lowest BCUT2D eigenvalue weighted by Gasteiger charge is -2.15. The van der Waals surface area contributed by atoms with Crippen molar-refractivity contribution in [2.75, 3.05) is 5.32 Å². The van der Waals surface area contributed by atoms with Gasteiger partial charge in [0, 0.05) is 12.6 Å². The van der Waals surface area contributed by atoms with Crippen LogP contribution in [0.3, 0.4) is 0 Å². The van der Waals surface area contributed by atoms with Crippen molar-refractivity contribution in [1.29, 1.82) is 0 Å². The van der Waals surface area contributed by atoms with E-state index in [-0.39, 0.29) is 6.04 Å². The number of aryl methyl sites for hydroxylation is 2. The SMILES string of the molecule is CCn1nncc1NC(C)c1ccc(C)cc1. The molecule has 0 aliphatic rings. The molecule has 0 aliphatic heterocycles. The molecule has 0 bridgehead atoms. The van der Waals surface area contributed by atoms with Crippen LogP contribution in [0.25, 0.3) is 0 Å². The number of benzene rings is 1. The van der Waals surface area contributed by atoms with Gasteiger partial charge in [0.25, 0.3) is 0 Å². The van der Waals surface area contributed by atoms with E-state index in [0.717, 1.165) is 12.4 Å². The van der Waals surface area contributed by atoms with Gasteiger partial charge in [-0.15, -0.1) is 5.10 Å². The van der Waals surface area contributed by atoms with Crippen molar-refractivity contribution in [3.63, 3.8) is 0 Å². The van der Waals surface area contributed by atoms with Crippen molar-refractivity contribution in [2.45, 2.75) is 33.4 Å². The van der Waals surface area contributed by atoms with E-state index in [4.69, 9.17) is 0 Å². The van der Waals surface area contributed by atoms with Gasteiger partial charge in [-0.1, -0.05) is 35.0 Å². The Morgan fingerprint density at radius 1 is 1.29 bits per heavy atom. The van der Waals surface area contributed by atoms with E-state index in [1.165, 1.54) is 11.1 Å². The smallest absolute Gasteiger partial charge is 0.145 e. The van der Waals surface area contributed by atoms with Gasteiger partial charge in [0.1, 0.15) is 5.82 Å². The topological polar surface area (TPSA) is 42.7 Å². The molecule has 0 saturated carbocycles. The van der Waals surface area contributed by atoms with Crippen LogP contribution in [0.1, 0.15) is 31.0 Å². The van der Waals surface area contributed by atoms with E-state index in [9.17, 15) is 0 Å². The van der Waals surface area contributed by atoms with Crippen LogP contribution >= 0.6 is 0 Å². The molecule has 1 N–H and O–H groups in total. The third kappa shape index (κ3) is 2.64. The van der Waals surface area contributed by atoms with Gasteiger partial charge in [0.2, 0.25) is 0 Å². The maximum absolute atomic E-state index is 4.00. The average Bonchev–Trinajstić information content (AvgIpc) is 2.77. The quantitative estimate of drug-likeness (QED) is 0.878. The first-order chi connectivity index (χ1) is 8.20. The zero-order chi connectivity index (χ0) is 12.3. The van der Waals surface area contributed by atoms with Crippen LogP contribution in [0, 0.1) is 6.92 Å². The Morgan fingerprint density at radius 3 is 2.65 bits per heavy atom. The minimum Gasteiger partial charge on any atom is -0.362 e. The first-order valence-electron chi connectivity index (χ1n) is 5.92. The number of hydrogen-bond donors (Lipinski definition) is 1. The third-order valence-corrected chi connectivity index (χ3v) is 2.86. The molecule has 17 heavy (non-hydrogen) atoms. The second-order valence-electron chi connectivity index (χ2n) is 4.21. The Bertz CT molecular complexity index is 472. The first-order valence-corrected chi connectivity index (χ1v) is 5.92. The molecule has 0 spiro atoms. The molecular formula is C13H18N4. The highest BCUT2D eigenvalue weighted by Gasteiger charge is 2.08. The molecule has 0 saturated heterocycles. The second kappa shape index (κ2) is 4.99. The van der Waals surface area contributed by atoms with E-state index in [1.54, 1.807) is 6.20 Å². The first kappa shape index (κ1) is 11.6. The molecule has 1 heterocycles. The zero-order valence-electron chi connectivity index (χ0n) is 10.5. The summed E-state index contributed by atoms with van der Waals surface area (Å²) in [6.07, 6.45) is 1.76. The summed E-state index contributed by atoms with van der Waals surface area (Å²) >= 11 is 0. The summed E-state index contributed by atoms with van der Waals surface area (Å²) < 4.78 is 1.85. The largest absolute Gasteiger partial charge is 0.362 e. The maximum Gasteiger partial charge on any atom is 0.145 e. The normalized spacial score (nSPS) is 12.4. The summed E-state index contributed by atoms with van der Waals surface area (Å²) in [6, 6.07) is 8.80. The van der Waals surface area contributed by atoms with Crippen LogP contribution in [0.5, 0.6) is 0 Å². The molecule has 2 aromatic rings. The Hall–Kier alpha value is -1.84. The molecule has 4 nitrogen and oxygen atoms in total. The lowest BCUT2D eigenvalue weighted by atomic mass is 10.1. The molecule has 0 aliphatic carbocycles. The van der Waals surface area contributed by atoms with E-state index in [0.29, 0.717) is 0 Å². The van der Waals surface area contributed by atoms with Crippen molar-refractivity contribution < 1.29 is 0 Å². The fraction of sp³-hybridized carbons (Fsp3) is 0.385. The maximum atomic E-state index is 4.00. The fourth-order valence-electron chi connectivity index (χ4n) is 1.76. The highest BCUT2D eigenvalue weighted by atomic mass is 15.4. The predicted molar refractivity (Wildman–Crippen MR) is 68.9 cm³/mol. The Kier molecular flexibility index (Phi) is 3.42. The average molecular weight is 230 g/mol. The van der Waals surface area contributed by atoms with Crippen molar-refractivity contribution >= 4 is 5.82 Å². The lowest BCUT2D eigenvalue weighted by molar-refractivity contribution is 0.626. The van der Waals surface area contributed by atoms with E-state index >= 15 is 0 Å². The highest BCUT2D eigenvalue weighted by molar-refractivity contribution is 5.36. The summed E-state index contributed by atoms with van der Waals surface area (Å²) in [5, 5.41) is 11.3. The number of nitrogens with one attached hydrogen (secondary N) is 1. The van der Waals surface area contributed by atoms with Crippen LogP contribution in [0.4, 0.5) is 5.82 Å². The van der Waals surface area contributed by atoms with Gasteiger partial charge in [-0.05, 0) is 26.3 Å². The van der Waals surface area contributed by atoms with Crippen LogP contribution in [-0.2, 0) is 6.54 Å². The Labute approximate surface area is 102 Å². The van der Waals surface area contributed by atoms with Crippen LogP contribution in [-0.4, -0.2) is 15.0 Å². The molecule has 4 heteroatoms. The molecule has 0 fully saturated rings. The van der Waals surface area contributed by atoms with Gasteiger partial charge in [-0.2, -0.15) is 0 Å². The predicted octanol–water partition coefficient (Wildman–Crippen LogP) is 2.78. The lowest BCUT2D eigenvalue weighted by Crippen LogP contribution is -2.11. The summed E-state index contributed by atoms with van der Waals surface area (Å²) in [4.78, 5) is 0.